The van der Waals surface area contributed by atoms with Crippen molar-refractivity contribution in [3.05, 3.63) is 43.2 Å². The number of hydrogen-bond donors (Lipinski definition) is 0. The number of nitrogens with zero attached hydrogens (tertiary/aromatic N) is 9. The minimum absolute atomic E-state index is 0.336. The molecule has 0 aliphatic carbocycles. The van der Waals surface area contributed by atoms with Gasteiger partial charge in [0, 0.05) is 56.6 Å². The van der Waals surface area contributed by atoms with E-state index >= 15 is 0 Å². The van der Waals surface area contributed by atoms with Crippen LogP contribution < -0.4 is 0 Å². The maximum atomic E-state index is 9.42. The minimum atomic E-state index is -0.336. The van der Waals surface area contributed by atoms with Gasteiger partial charge >= 0.3 is 0 Å². The Morgan fingerprint density at radius 3 is 2.74 bits per heavy atom. The summed E-state index contributed by atoms with van der Waals surface area (Å²) >= 11 is 0. The largest absolute Gasteiger partial charge is 0.287 e. The normalized spacial score (nSPS) is 15.3. The molecular formula is C22H21N9. The molecule has 1 aliphatic heterocycles. The third-order valence-corrected chi connectivity index (χ3v) is 5.64. The Hall–Kier alpha value is -3.95. The number of likely N-dealkylation sites (tertiary alicyclic amines) is 1. The van der Waals surface area contributed by atoms with Gasteiger partial charge in [0.2, 0.25) is 0 Å². The molecule has 9 nitrogen and oxygen atoms in total. The van der Waals surface area contributed by atoms with Crippen molar-refractivity contribution in [2.45, 2.75) is 18.9 Å². The summed E-state index contributed by atoms with van der Waals surface area (Å²) in [4.78, 5) is 11.6. The molecular weight excluding hydrogens is 390 g/mol. The van der Waals surface area contributed by atoms with Crippen LogP contribution in [0, 0.1) is 23.2 Å². The van der Waals surface area contributed by atoms with Gasteiger partial charge in [0.05, 0.1) is 42.7 Å². The average Bonchev–Trinajstić information content (AvgIpc) is 3.49. The van der Waals surface area contributed by atoms with Crippen molar-refractivity contribution in [2.24, 2.45) is 7.05 Å². The standard InChI is InChI=1S/C22H21N9/c1-3-4-8-29-15-22(16-29,5-6-23)31-14-18(12-26-31)21-27-19(17-11-25-28(2)13-17)10-20-24-7-9-30(20)21/h7,9-14H,5,8,15-16H2,1-2H3. The number of hydrogen-bond acceptors (Lipinski definition) is 6. The van der Waals surface area contributed by atoms with E-state index in [0.29, 0.717) is 13.0 Å². The minimum Gasteiger partial charge on any atom is -0.287 e. The summed E-state index contributed by atoms with van der Waals surface area (Å²) in [5.74, 6) is 6.76. The number of aromatic nitrogens is 7. The molecule has 9 heteroatoms. The van der Waals surface area contributed by atoms with E-state index in [0.717, 1.165) is 41.4 Å². The molecule has 154 valence electrons. The summed E-state index contributed by atoms with van der Waals surface area (Å²) in [6, 6.07) is 4.27. The molecule has 0 unspecified atom stereocenters. The molecule has 5 heterocycles. The van der Waals surface area contributed by atoms with Crippen LogP contribution in [0.25, 0.3) is 28.3 Å². The van der Waals surface area contributed by atoms with Gasteiger partial charge in [-0.05, 0) is 6.92 Å². The van der Waals surface area contributed by atoms with E-state index in [9.17, 15) is 5.26 Å². The molecule has 0 N–H and O–H groups in total. The first kappa shape index (κ1) is 19.0. The number of aryl methyl sites for hydroxylation is 1. The van der Waals surface area contributed by atoms with Crippen LogP contribution in [0.4, 0.5) is 0 Å². The molecule has 1 aliphatic rings. The topological polar surface area (TPSA) is 92.9 Å². The van der Waals surface area contributed by atoms with E-state index in [1.54, 1.807) is 17.1 Å². The zero-order valence-electron chi connectivity index (χ0n) is 17.4. The van der Waals surface area contributed by atoms with Crippen molar-refractivity contribution in [3.63, 3.8) is 0 Å². The van der Waals surface area contributed by atoms with Gasteiger partial charge in [-0.1, -0.05) is 5.92 Å². The summed E-state index contributed by atoms with van der Waals surface area (Å²) in [5, 5.41) is 18.3. The highest BCUT2D eigenvalue weighted by molar-refractivity contribution is 5.68. The highest BCUT2D eigenvalue weighted by Crippen LogP contribution is 2.33. The summed E-state index contributed by atoms with van der Waals surface area (Å²) in [6.45, 7) is 4.05. The molecule has 0 radical (unpaired) electrons. The average molecular weight is 411 g/mol. The van der Waals surface area contributed by atoms with Gasteiger partial charge in [0.15, 0.2) is 0 Å². The first-order chi connectivity index (χ1) is 15.1. The lowest BCUT2D eigenvalue weighted by atomic mass is 9.87. The lowest BCUT2D eigenvalue weighted by Gasteiger charge is -2.48. The second kappa shape index (κ2) is 7.38. The van der Waals surface area contributed by atoms with Crippen LogP contribution in [0.3, 0.4) is 0 Å². The lowest BCUT2D eigenvalue weighted by molar-refractivity contribution is 0.0160. The molecule has 0 amide bonds. The monoisotopic (exact) mass is 411 g/mol. The summed E-state index contributed by atoms with van der Waals surface area (Å²) < 4.78 is 5.62. The highest BCUT2D eigenvalue weighted by atomic mass is 15.4. The zero-order valence-corrected chi connectivity index (χ0v) is 17.4. The van der Waals surface area contributed by atoms with Crippen LogP contribution in [-0.2, 0) is 12.6 Å². The third-order valence-electron chi connectivity index (χ3n) is 5.64. The predicted octanol–water partition coefficient (Wildman–Crippen LogP) is 1.94. The first-order valence-corrected chi connectivity index (χ1v) is 9.99. The maximum absolute atomic E-state index is 9.42. The number of fused-ring (bicyclic) bond motifs is 1. The molecule has 0 atom stereocenters. The Labute approximate surface area is 179 Å². The van der Waals surface area contributed by atoms with Crippen LogP contribution in [0.15, 0.2) is 43.2 Å². The predicted molar refractivity (Wildman–Crippen MR) is 115 cm³/mol. The summed E-state index contributed by atoms with van der Waals surface area (Å²) in [6.07, 6.45) is 11.6. The lowest BCUT2D eigenvalue weighted by Crippen LogP contribution is -2.62. The third kappa shape index (κ3) is 3.25. The fourth-order valence-corrected chi connectivity index (χ4v) is 4.10. The second-order valence-electron chi connectivity index (χ2n) is 7.83. The summed E-state index contributed by atoms with van der Waals surface area (Å²) in [5.41, 5.74) is 3.06. The smallest absolute Gasteiger partial charge is 0.149 e. The van der Waals surface area contributed by atoms with Gasteiger partial charge in [-0.3, -0.25) is 18.7 Å². The van der Waals surface area contributed by atoms with Gasteiger partial charge < -0.3 is 0 Å². The number of rotatable bonds is 5. The zero-order chi connectivity index (χ0) is 21.4. The van der Waals surface area contributed by atoms with Gasteiger partial charge in [0.25, 0.3) is 0 Å². The Morgan fingerprint density at radius 1 is 1.16 bits per heavy atom. The van der Waals surface area contributed by atoms with E-state index in [1.165, 1.54) is 0 Å². The molecule has 4 aromatic heterocycles. The van der Waals surface area contributed by atoms with E-state index in [2.05, 4.69) is 38.0 Å². The summed E-state index contributed by atoms with van der Waals surface area (Å²) in [7, 11) is 1.88. The van der Waals surface area contributed by atoms with Crippen molar-refractivity contribution in [3.8, 4) is 40.6 Å². The van der Waals surface area contributed by atoms with Crippen LogP contribution in [0.1, 0.15) is 13.3 Å². The van der Waals surface area contributed by atoms with Crippen LogP contribution in [-0.4, -0.2) is 58.5 Å². The Bertz CT molecular complexity index is 1350. The quantitative estimate of drug-likeness (QED) is 0.466. The molecule has 0 spiro atoms. The first-order valence-electron chi connectivity index (χ1n) is 9.99. The molecule has 0 saturated carbocycles. The van der Waals surface area contributed by atoms with E-state index in [1.807, 2.05) is 53.9 Å². The van der Waals surface area contributed by atoms with Crippen LogP contribution in [0.2, 0.25) is 0 Å². The fraction of sp³-hybridized carbons (Fsp3) is 0.318. The van der Waals surface area contributed by atoms with Gasteiger partial charge in [-0.15, -0.1) is 5.92 Å². The van der Waals surface area contributed by atoms with Gasteiger partial charge in [-0.2, -0.15) is 15.5 Å². The number of nitriles is 1. The molecule has 0 bridgehead atoms. The van der Waals surface area contributed by atoms with Crippen molar-refractivity contribution < 1.29 is 0 Å². The van der Waals surface area contributed by atoms with E-state index in [4.69, 9.17) is 4.98 Å². The van der Waals surface area contributed by atoms with Crippen molar-refractivity contribution in [1.82, 2.24) is 38.8 Å². The Morgan fingerprint density at radius 2 is 2.00 bits per heavy atom. The van der Waals surface area contributed by atoms with Crippen molar-refractivity contribution >= 4 is 5.65 Å². The maximum Gasteiger partial charge on any atom is 0.149 e. The van der Waals surface area contributed by atoms with Crippen molar-refractivity contribution in [1.29, 1.82) is 5.26 Å². The Balaban J connectivity index is 1.53. The second-order valence-corrected chi connectivity index (χ2v) is 7.83. The van der Waals surface area contributed by atoms with Gasteiger partial charge in [-0.25, -0.2) is 9.97 Å². The molecule has 1 saturated heterocycles. The van der Waals surface area contributed by atoms with Crippen molar-refractivity contribution in [2.75, 3.05) is 19.6 Å². The van der Waals surface area contributed by atoms with E-state index in [-0.39, 0.29) is 5.54 Å². The van der Waals surface area contributed by atoms with Crippen LogP contribution >= 0.6 is 0 Å². The molecule has 0 aromatic carbocycles. The molecule has 1 fully saturated rings. The van der Waals surface area contributed by atoms with Crippen LogP contribution in [0.5, 0.6) is 0 Å². The highest BCUT2D eigenvalue weighted by Gasteiger charge is 2.45. The molecule has 31 heavy (non-hydrogen) atoms. The SMILES string of the molecule is CC#CCN1CC(CC#N)(n2cc(-c3nc(-c4cnn(C)c4)cc4nccn34)cn2)C1. The molecule has 5 rings (SSSR count). The van der Waals surface area contributed by atoms with E-state index < -0.39 is 0 Å². The fourth-order valence-electron chi connectivity index (χ4n) is 4.10. The Kier molecular flexibility index (Phi) is 4.54. The number of imidazole rings is 1. The van der Waals surface area contributed by atoms with Gasteiger partial charge in [0.1, 0.15) is 17.0 Å². The molecule has 4 aromatic rings.